The standard InChI is InChI=1S/C16H14Cl2N2O2S/c1-2-22-12-5-3-4-10(8-12)15(21)20-16(23)19-14-7-6-11(17)9-13(14)18/h3-9H,2H2,1H3,(H2,19,20,21,23). The Hall–Kier alpha value is -1.82. The van der Waals surface area contributed by atoms with E-state index in [9.17, 15) is 4.79 Å². The van der Waals surface area contributed by atoms with Gasteiger partial charge in [0.25, 0.3) is 5.91 Å². The quantitative estimate of drug-likeness (QED) is 0.779. The highest BCUT2D eigenvalue weighted by Crippen LogP contribution is 2.25. The number of hydrogen-bond donors (Lipinski definition) is 2. The number of ether oxygens (including phenoxy) is 1. The number of halogens is 2. The van der Waals surface area contributed by atoms with E-state index < -0.39 is 0 Å². The lowest BCUT2D eigenvalue weighted by atomic mass is 10.2. The van der Waals surface area contributed by atoms with E-state index >= 15 is 0 Å². The van der Waals surface area contributed by atoms with Gasteiger partial charge < -0.3 is 10.1 Å². The zero-order valence-electron chi connectivity index (χ0n) is 12.2. The Bertz CT molecular complexity index is 738. The highest BCUT2D eigenvalue weighted by molar-refractivity contribution is 7.80. The van der Waals surface area contributed by atoms with Crippen LogP contribution in [0.4, 0.5) is 5.69 Å². The molecule has 2 N–H and O–H groups in total. The first-order valence-corrected chi connectivity index (χ1v) is 7.96. The van der Waals surface area contributed by atoms with Gasteiger partial charge in [-0.2, -0.15) is 0 Å². The van der Waals surface area contributed by atoms with Gasteiger partial charge >= 0.3 is 0 Å². The molecular formula is C16H14Cl2N2O2S. The first kappa shape index (κ1) is 17.5. The van der Waals surface area contributed by atoms with Gasteiger partial charge in [0.05, 0.1) is 17.3 Å². The molecule has 4 nitrogen and oxygen atoms in total. The van der Waals surface area contributed by atoms with Gasteiger partial charge in [-0.1, -0.05) is 29.3 Å². The van der Waals surface area contributed by atoms with Crippen LogP contribution < -0.4 is 15.4 Å². The molecule has 7 heteroatoms. The summed E-state index contributed by atoms with van der Waals surface area (Å²) in [6.07, 6.45) is 0. The molecule has 0 aliphatic rings. The van der Waals surface area contributed by atoms with Gasteiger partial charge in [-0.15, -0.1) is 0 Å². The van der Waals surface area contributed by atoms with Crippen molar-refractivity contribution in [1.82, 2.24) is 5.32 Å². The largest absolute Gasteiger partial charge is 0.494 e. The van der Waals surface area contributed by atoms with E-state index in [-0.39, 0.29) is 11.0 Å². The van der Waals surface area contributed by atoms with E-state index in [2.05, 4.69) is 10.6 Å². The maximum absolute atomic E-state index is 12.2. The smallest absolute Gasteiger partial charge is 0.257 e. The molecule has 0 aliphatic carbocycles. The van der Waals surface area contributed by atoms with Crippen LogP contribution in [0.15, 0.2) is 42.5 Å². The highest BCUT2D eigenvalue weighted by atomic mass is 35.5. The number of rotatable bonds is 4. The normalized spacial score (nSPS) is 10.0. The first-order valence-electron chi connectivity index (χ1n) is 6.80. The van der Waals surface area contributed by atoms with Gasteiger partial charge in [-0.05, 0) is 55.5 Å². The maximum Gasteiger partial charge on any atom is 0.257 e. The molecule has 0 heterocycles. The highest BCUT2D eigenvalue weighted by Gasteiger charge is 2.10. The monoisotopic (exact) mass is 368 g/mol. The average molecular weight is 369 g/mol. The summed E-state index contributed by atoms with van der Waals surface area (Å²) in [6, 6.07) is 11.8. The molecular weight excluding hydrogens is 355 g/mol. The molecule has 0 atom stereocenters. The van der Waals surface area contributed by atoms with Gasteiger partial charge in [-0.3, -0.25) is 10.1 Å². The summed E-state index contributed by atoms with van der Waals surface area (Å²) >= 11 is 17.0. The van der Waals surface area contributed by atoms with Crippen molar-refractivity contribution >= 4 is 52.1 Å². The predicted molar refractivity (Wildman–Crippen MR) is 97.8 cm³/mol. The zero-order valence-corrected chi connectivity index (χ0v) is 14.6. The minimum Gasteiger partial charge on any atom is -0.494 e. The number of benzene rings is 2. The molecule has 0 fully saturated rings. The minimum absolute atomic E-state index is 0.140. The third-order valence-electron chi connectivity index (χ3n) is 2.81. The van der Waals surface area contributed by atoms with Crippen molar-refractivity contribution in [3.63, 3.8) is 0 Å². The van der Waals surface area contributed by atoms with Crippen LogP contribution in [-0.4, -0.2) is 17.6 Å². The average Bonchev–Trinajstić information content (AvgIpc) is 2.51. The van der Waals surface area contributed by atoms with Crippen LogP contribution in [0.1, 0.15) is 17.3 Å². The van der Waals surface area contributed by atoms with Crippen molar-refractivity contribution in [3.05, 3.63) is 58.1 Å². The first-order chi connectivity index (χ1) is 11.0. The second-order valence-electron chi connectivity index (χ2n) is 4.49. The van der Waals surface area contributed by atoms with E-state index in [1.807, 2.05) is 6.92 Å². The Kier molecular flexibility index (Phi) is 6.21. The van der Waals surface area contributed by atoms with E-state index in [0.29, 0.717) is 33.7 Å². The van der Waals surface area contributed by atoms with Crippen LogP contribution in [0.3, 0.4) is 0 Å². The molecule has 0 aromatic heterocycles. The van der Waals surface area contributed by atoms with Gasteiger partial charge in [0.1, 0.15) is 5.75 Å². The number of amides is 1. The van der Waals surface area contributed by atoms with Crippen LogP contribution >= 0.6 is 35.4 Å². The summed E-state index contributed by atoms with van der Waals surface area (Å²) in [4.78, 5) is 12.2. The third kappa shape index (κ3) is 5.10. The Morgan fingerprint density at radius 3 is 2.70 bits per heavy atom. The predicted octanol–water partition coefficient (Wildman–Crippen LogP) is 4.52. The number of anilines is 1. The topological polar surface area (TPSA) is 50.4 Å². The second kappa shape index (κ2) is 8.15. The summed E-state index contributed by atoms with van der Waals surface area (Å²) < 4.78 is 5.37. The number of carbonyl (C=O) groups is 1. The van der Waals surface area contributed by atoms with Crippen molar-refractivity contribution in [3.8, 4) is 5.75 Å². The Morgan fingerprint density at radius 2 is 2.00 bits per heavy atom. The molecule has 0 unspecified atom stereocenters. The van der Waals surface area contributed by atoms with Crippen molar-refractivity contribution in [2.45, 2.75) is 6.92 Å². The van der Waals surface area contributed by atoms with Crippen LogP contribution in [0.2, 0.25) is 10.0 Å². The van der Waals surface area contributed by atoms with E-state index in [0.717, 1.165) is 0 Å². The van der Waals surface area contributed by atoms with Crippen LogP contribution in [0.5, 0.6) is 5.75 Å². The van der Waals surface area contributed by atoms with Crippen molar-refractivity contribution in [2.75, 3.05) is 11.9 Å². The van der Waals surface area contributed by atoms with E-state index in [1.54, 1.807) is 42.5 Å². The zero-order chi connectivity index (χ0) is 16.8. The summed E-state index contributed by atoms with van der Waals surface area (Å²) in [5, 5.41) is 6.51. The molecule has 0 radical (unpaired) electrons. The Balaban J connectivity index is 2.02. The molecule has 2 aromatic rings. The fraction of sp³-hybridized carbons (Fsp3) is 0.125. The van der Waals surface area contributed by atoms with Crippen LogP contribution in [-0.2, 0) is 0 Å². The van der Waals surface area contributed by atoms with Gasteiger partial charge in [0.15, 0.2) is 5.11 Å². The molecule has 0 aliphatic heterocycles. The minimum atomic E-state index is -0.339. The molecule has 1 amide bonds. The van der Waals surface area contributed by atoms with Gasteiger partial charge in [0.2, 0.25) is 0 Å². The van der Waals surface area contributed by atoms with Crippen LogP contribution in [0, 0.1) is 0 Å². The lowest BCUT2D eigenvalue weighted by Gasteiger charge is -2.11. The van der Waals surface area contributed by atoms with Crippen molar-refractivity contribution in [1.29, 1.82) is 0 Å². The van der Waals surface area contributed by atoms with E-state index in [1.165, 1.54) is 0 Å². The molecule has 0 saturated carbocycles. The van der Waals surface area contributed by atoms with E-state index in [4.69, 9.17) is 40.2 Å². The Labute approximate surface area is 149 Å². The van der Waals surface area contributed by atoms with Gasteiger partial charge in [-0.25, -0.2) is 0 Å². The summed E-state index contributed by atoms with van der Waals surface area (Å²) in [6.45, 7) is 2.40. The molecule has 2 rings (SSSR count). The fourth-order valence-electron chi connectivity index (χ4n) is 1.81. The summed E-state index contributed by atoms with van der Waals surface area (Å²) in [5.41, 5.74) is 1.01. The van der Waals surface area contributed by atoms with Crippen molar-refractivity contribution in [2.24, 2.45) is 0 Å². The molecule has 0 saturated heterocycles. The number of carbonyl (C=O) groups excluding carboxylic acids is 1. The van der Waals surface area contributed by atoms with Crippen molar-refractivity contribution < 1.29 is 9.53 Å². The lowest BCUT2D eigenvalue weighted by molar-refractivity contribution is 0.0977. The van der Waals surface area contributed by atoms with Gasteiger partial charge in [0, 0.05) is 10.6 Å². The third-order valence-corrected chi connectivity index (χ3v) is 3.57. The second-order valence-corrected chi connectivity index (χ2v) is 5.75. The molecule has 0 bridgehead atoms. The fourth-order valence-corrected chi connectivity index (χ4v) is 2.47. The molecule has 120 valence electrons. The molecule has 23 heavy (non-hydrogen) atoms. The number of nitrogens with one attached hydrogen (secondary N) is 2. The number of thiocarbonyl (C=S) groups is 1. The Morgan fingerprint density at radius 1 is 1.22 bits per heavy atom. The maximum atomic E-state index is 12.2. The summed E-state index contributed by atoms with van der Waals surface area (Å²) in [5.74, 6) is 0.286. The summed E-state index contributed by atoms with van der Waals surface area (Å²) in [7, 11) is 0. The molecule has 0 spiro atoms. The molecule has 2 aromatic carbocycles. The van der Waals surface area contributed by atoms with Crippen LogP contribution in [0.25, 0.3) is 0 Å². The SMILES string of the molecule is CCOc1cccc(C(=O)NC(=S)Nc2ccc(Cl)cc2Cl)c1. The lowest BCUT2D eigenvalue weighted by Crippen LogP contribution is -2.34. The number of hydrogen-bond acceptors (Lipinski definition) is 3.